The van der Waals surface area contributed by atoms with Gasteiger partial charge in [0.25, 0.3) is 0 Å². The van der Waals surface area contributed by atoms with Crippen LogP contribution in [-0.4, -0.2) is 10.00 Å². The Kier molecular flexibility index (Phi) is 2.17. The molecule has 1 aliphatic carbocycles. The molecule has 4 N–H and O–H groups in total. The summed E-state index contributed by atoms with van der Waals surface area (Å²) in [6, 6.07) is 0. The first-order valence-electron chi connectivity index (χ1n) is 3.41. The molecular formula is C6H12Cl2N2. The van der Waals surface area contributed by atoms with Gasteiger partial charge in [0.15, 0.2) is 0 Å². The van der Waals surface area contributed by atoms with E-state index in [4.69, 9.17) is 34.7 Å². The van der Waals surface area contributed by atoms with Crippen LogP contribution in [0, 0.1) is 0 Å². The molecule has 0 heterocycles. The summed E-state index contributed by atoms with van der Waals surface area (Å²) in [6.07, 6.45) is 3.44. The maximum absolute atomic E-state index is 5.88. The van der Waals surface area contributed by atoms with E-state index in [0.717, 1.165) is 12.8 Å². The second-order valence-electron chi connectivity index (χ2n) is 2.93. The third kappa shape index (κ3) is 1.40. The Labute approximate surface area is 70.8 Å². The van der Waals surface area contributed by atoms with Crippen LogP contribution in [0.2, 0.25) is 0 Å². The van der Waals surface area contributed by atoms with Crippen molar-refractivity contribution in [3.05, 3.63) is 0 Å². The molecule has 4 heteroatoms. The van der Waals surface area contributed by atoms with E-state index in [1.807, 2.05) is 0 Å². The highest BCUT2D eigenvalue weighted by atomic mass is 35.5. The van der Waals surface area contributed by atoms with Gasteiger partial charge in [-0.15, -0.1) is 0 Å². The fourth-order valence-electron chi connectivity index (χ4n) is 1.18. The summed E-state index contributed by atoms with van der Waals surface area (Å²) in [6.45, 7) is 0. The first-order chi connectivity index (χ1) is 4.46. The predicted octanol–water partition coefficient (Wildman–Crippen LogP) is 1.35. The van der Waals surface area contributed by atoms with Crippen molar-refractivity contribution >= 4 is 23.2 Å². The van der Waals surface area contributed by atoms with Crippen LogP contribution in [0.1, 0.15) is 25.7 Å². The fraction of sp³-hybridized carbons (Fsp3) is 1.00. The zero-order valence-corrected chi connectivity index (χ0v) is 7.25. The molecule has 1 fully saturated rings. The SMILES string of the molecule is NC1(Cl)CCCCC1(N)Cl. The number of halogens is 2. The summed E-state index contributed by atoms with van der Waals surface area (Å²) in [4.78, 5) is -1.82. The van der Waals surface area contributed by atoms with Gasteiger partial charge >= 0.3 is 0 Å². The van der Waals surface area contributed by atoms with Gasteiger partial charge in [0, 0.05) is 0 Å². The van der Waals surface area contributed by atoms with Crippen molar-refractivity contribution in [3.8, 4) is 0 Å². The number of alkyl halides is 2. The van der Waals surface area contributed by atoms with Crippen molar-refractivity contribution < 1.29 is 0 Å². The third-order valence-electron chi connectivity index (χ3n) is 2.02. The molecule has 1 rings (SSSR count). The summed E-state index contributed by atoms with van der Waals surface area (Å²) < 4.78 is 0. The second-order valence-corrected chi connectivity index (χ2v) is 4.28. The monoisotopic (exact) mass is 182 g/mol. The summed E-state index contributed by atoms with van der Waals surface area (Å²) >= 11 is 11.8. The number of rotatable bonds is 0. The van der Waals surface area contributed by atoms with E-state index in [0.29, 0.717) is 12.8 Å². The van der Waals surface area contributed by atoms with E-state index in [1.54, 1.807) is 0 Å². The van der Waals surface area contributed by atoms with Crippen LogP contribution in [0.3, 0.4) is 0 Å². The van der Waals surface area contributed by atoms with Gasteiger partial charge in [-0.25, -0.2) is 0 Å². The molecule has 2 atom stereocenters. The zero-order chi connectivity index (χ0) is 7.83. The van der Waals surface area contributed by atoms with Gasteiger partial charge in [-0.3, -0.25) is 0 Å². The van der Waals surface area contributed by atoms with Crippen molar-refractivity contribution in [2.24, 2.45) is 11.5 Å². The molecule has 2 unspecified atom stereocenters. The lowest BCUT2D eigenvalue weighted by Gasteiger charge is -2.40. The minimum absolute atomic E-state index is 0.703. The van der Waals surface area contributed by atoms with Crippen LogP contribution in [0.4, 0.5) is 0 Å². The Morgan fingerprint density at radius 1 is 0.900 bits per heavy atom. The molecule has 2 nitrogen and oxygen atoms in total. The normalized spacial score (nSPS) is 49.2. The minimum atomic E-state index is -0.910. The third-order valence-corrected chi connectivity index (χ3v) is 3.17. The van der Waals surface area contributed by atoms with E-state index < -0.39 is 10.00 Å². The highest BCUT2D eigenvalue weighted by Crippen LogP contribution is 2.39. The molecule has 0 aromatic heterocycles. The molecule has 0 radical (unpaired) electrons. The lowest BCUT2D eigenvalue weighted by molar-refractivity contribution is 0.307. The van der Waals surface area contributed by atoms with Gasteiger partial charge in [0.05, 0.1) is 0 Å². The van der Waals surface area contributed by atoms with Crippen LogP contribution < -0.4 is 11.5 Å². The number of nitrogens with two attached hydrogens (primary N) is 2. The van der Waals surface area contributed by atoms with Crippen LogP contribution in [0.15, 0.2) is 0 Å². The van der Waals surface area contributed by atoms with Crippen molar-refractivity contribution in [1.82, 2.24) is 0 Å². The molecule has 60 valence electrons. The molecule has 0 bridgehead atoms. The van der Waals surface area contributed by atoms with Gasteiger partial charge < -0.3 is 11.5 Å². The Hall–Kier alpha value is 0.500. The molecular weight excluding hydrogens is 171 g/mol. The first kappa shape index (κ1) is 8.60. The van der Waals surface area contributed by atoms with E-state index in [2.05, 4.69) is 0 Å². The molecule has 0 aromatic rings. The molecule has 0 saturated heterocycles. The molecule has 0 aromatic carbocycles. The lowest BCUT2D eigenvalue weighted by Crippen LogP contribution is -2.60. The van der Waals surface area contributed by atoms with Gasteiger partial charge in [0.2, 0.25) is 0 Å². The molecule has 0 aliphatic heterocycles. The fourth-order valence-corrected chi connectivity index (χ4v) is 1.64. The second kappa shape index (κ2) is 2.52. The van der Waals surface area contributed by atoms with E-state index in [1.165, 1.54) is 0 Å². The maximum Gasteiger partial charge on any atom is 0.123 e. The van der Waals surface area contributed by atoms with Crippen LogP contribution in [0.5, 0.6) is 0 Å². The Morgan fingerprint density at radius 2 is 1.20 bits per heavy atom. The summed E-state index contributed by atoms with van der Waals surface area (Å²) in [7, 11) is 0. The van der Waals surface area contributed by atoms with Crippen molar-refractivity contribution in [2.75, 3.05) is 0 Å². The predicted molar refractivity (Wildman–Crippen MR) is 44.0 cm³/mol. The van der Waals surface area contributed by atoms with Crippen LogP contribution in [0.25, 0.3) is 0 Å². The highest BCUT2D eigenvalue weighted by molar-refractivity contribution is 6.34. The Balaban J connectivity index is 2.70. The minimum Gasteiger partial charge on any atom is -0.310 e. The van der Waals surface area contributed by atoms with Gasteiger partial charge in [-0.05, 0) is 12.8 Å². The van der Waals surface area contributed by atoms with E-state index >= 15 is 0 Å². The summed E-state index contributed by atoms with van der Waals surface area (Å²) in [5.74, 6) is 0. The quantitative estimate of drug-likeness (QED) is 0.440. The highest BCUT2D eigenvalue weighted by Gasteiger charge is 2.45. The Morgan fingerprint density at radius 3 is 1.40 bits per heavy atom. The van der Waals surface area contributed by atoms with Crippen LogP contribution in [-0.2, 0) is 0 Å². The van der Waals surface area contributed by atoms with Gasteiger partial charge in [-0.1, -0.05) is 36.0 Å². The number of hydrogen-bond acceptors (Lipinski definition) is 2. The van der Waals surface area contributed by atoms with Crippen molar-refractivity contribution in [2.45, 2.75) is 35.7 Å². The van der Waals surface area contributed by atoms with Gasteiger partial charge in [-0.2, -0.15) is 0 Å². The lowest BCUT2D eigenvalue weighted by atomic mass is 9.90. The Bertz CT molecular complexity index is 118. The maximum atomic E-state index is 5.88. The van der Waals surface area contributed by atoms with Crippen LogP contribution >= 0.6 is 23.2 Å². The molecule has 0 spiro atoms. The molecule has 10 heavy (non-hydrogen) atoms. The van der Waals surface area contributed by atoms with E-state index in [9.17, 15) is 0 Å². The molecule has 1 aliphatic rings. The summed E-state index contributed by atoms with van der Waals surface area (Å²) in [5, 5.41) is 0. The van der Waals surface area contributed by atoms with Gasteiger partial charge in [0.1, 0.15) is 10.00 Å². The molecule has 1 saturated carbocycles. The average Bonchev–Trinajstić information content (AvgIpc) is 1.77. The average molecular weight is 183 g/mol. The number of hydrogen-bond donors (Lipinski definition) is 2. The standard InChI is InChI=1S/C6H12Cl2N2/c7-5(9)3-1-2-4-6(5,8)10/h1-4,9-10H2. The van der Waals surface area contributed by atoms with Crippen molar-refractivity contribution in [1.29, 1.82) is 0 Å². The zero-order valence-electron chi connectivity index (χ0n) is 5.74. The first-order valence-corrected chi connectivity index (χ1v) is 4.17. The molecule has 0 amide bonds. The summed E-state index contributed by atoms with van der Waals surface area (Å²) in [5.41, 5.74) is 11.3. The topological polar surface area (TPSA) is 52.0 Å². The van der Waals surface area contributed by atoms with E-state index in [-0.39, 0.29) is 0 Å². The van der Waals surface area contributed by atoms with Crippen molar-refractivity contribution in [3.63, 3.8) is 0 Å². The smallest absolute Gasteiger partial charge is 0.123 e. The largest absolute Gasteiger partial charge is 0.310 e.